The lowest BCUT2D eigenvalue weighted by Crippen LogP contribution is -2.30. The van der Waals surface area contributed by atoms with Crippen LogP contribution in [0.4, 0.5) is 0 Å². The van der Waals surface area contributed by atoms with Gasteiger partial charge in [0.1, 0.15) is 12.7 Å². The first-order valence-electron chi connectivity index (χ1n) is 30.8. The van der Waals surface area contributed by atoms with Gasteiger partial charge < -0.3 is 24.2 Å². The number of phosphoric acid groups is 1. The molecule has 3 unspecified atom stereocenters. The quantitative estimate of drug-likeness (QED) is 0.0197. The van der Waals surface area contributed by atoms with Crippen molar-refractivity contribution in [2.24, 2.45) is 0 Å². The molecule has 0 aliphatic rings. The zero-order valence-corrected chi connectivity index (χ0v) is 49.6. The van der Waals surface area contributed by atoms with E-state index in [-0.39, 0.29) is 25.9 Å². The average Bonchev–Trinajstić information content (AvgIpc) is 3.41. The maximum Gasteiger partial charge on any atom is 0.472 e. The number of hydrogen-bond acceptors (Lipinski definition) is 10. The first kappa shape index (κ1) is 72.9. The van der Waals surface area contributed by atoms with E-state index >= 15 is 0 Å². The van der Waals surface area contributed by atoms with Gasteiger partial charge in [0.15, 0.2) is 6.10 Å². The van der Waals surface area contributed by atoms with Crippen LogP contribution in [0.5, 0.6) is 0 Å². The summed E-state index contributed by atoms with van der Waals surface area (Å²) in [6, 6.07) is 0. The molecule has 0 aromatic rings. The van der Waals surface area contributed by atoms with E-state index < -0.39 is 57.8 Å². The van der Waals surface area contributed by atoms with Crippen LogP contribution in [0.3, 0.4) is 0 Å². The van der Waals surface area contributed by atoms with Crippen molar-refractivity contribution >= 4 is 25.7 Å². The van der Waals surface area contributed by atoms with Gasteiger partial charge in [0, 0.05) is 19.3 Å². The minimum absolute atomic E-state index is 0.155. The van der Waals surface area contributed by atoms with Gasteiger partial charge in [0.2, 0.25) is 0 Å². The highest BCUT2D eigenvalue weighted by Gasteiger charge is 2.28. The van der Waals surface area contributed by atoms with Crippen molar-refractivity contribution in [3.05, 3.63) is 72.9 Å². The number of hydrogen-bond donors (Lipinski definition) is 2. The summed E-state index contributed by atoms with van der Waals surface area (Å²) < 4.78 is 39.6. The predicted octanol–water partition coefficient (Wildman–Crippen LogP) is 18.5. The Bertz CT molecular complexity index is 1550. The van der Waals surface area contributed by atoms with Gasteiger partial charge in [-0.25, -0.2) is 4.57 Å². The molecule has 76 heavy (non-hydrogen) atoms. The molecule has 0 rings (SSSR count). The van der Waals surface area contributed by atoms with Gasteiger partial charge in [-0.3, -0.25) is 23.4 Å². The summed E-state index contributed by atoms with van der Waals surface area (Å²) in [4.78, 5) is 48.6. The van der Waals surface area contributed by atoms with Gasteiger partial charge in [0.05, 0.1) is 19.8 Å². The Morgan fingerprint density at radius 1 is 0.382 bits per heavy atom. The molecule has 2 N–H and O–H groups in total. The van der Waals surface area contributed by atoms with E-state index in [9.17, 15) is 28.9 Å². The molecule has 0 bridgehead atoms. The van der Waals surface area contributed by atoms with E-state index in [1.165, 1.54) is 116 Å². The number of unbranched alkanes of at least 4 members (excludes halogenated alkanes) is 28. The van der Waals surface area contributed by atoms with Crippen molar-refractivity contribution in [2.75, 3.05) is 26.4 Å². The second-order valence-corrected chi connectivity index (χ2v) is 21.9. The predicted molar refractivity (Wildman–Crippen MR) is 316 cm³/mol. The average molecular weight is 1090 g/mol. The summed E-state index contributed by atoms with van der Waals surface area (Å²) in [5.41, 5.74) is 0. The highest BCUT2D eigenvalue weighted by Crippen LogP contribution is 2.43. The first-order chi connectivity index (χ1) is 37.2. The van der Waals surface area contributed by atoms with E-state index in [2.05, 4.69) is 93.7 Å². The number of allylic oxidation sites excluding steroid dienone is 12. The number of rotatable bonds is 57. The minimum atomic E-state index is -4.76. The molecule has 12 heteroatoms. The summed E-state index contributed by atoms with van der Waals surface area (Å²) in [6.45, 7) is 4.52. The fourth-order valence-corrected chi connectivity index (χ4v) is 9.22. The van der Waals surface area contributed by atoms with Crippen LogP contribution >= 0.6 is 7.82 Å². The van der Waals surface area contributed by atoms with E-state index in [1.807, 2.05) is 0 Å². The number of ether oxygens (including phenoxy) is 3. The molecule has 0 fully saturated rings. The van der Waals surface area contributed by atoms with Gasteiger partial charge >= 0.3 is 25.7 Å². The third-order valence-electron chi connectivity index (χ3n) is 13.1. The van der Waals surface area contributed by atoms with Crippen molar-refractivity contribution in [2.45, 2.75) is 290 Å². The van der Waals surface area contributed by atoms with Gasteiger partial charge in [-0.1, -0.05) is 241 Å². The van der Waals surface area contributed by atoms with Gasteiger partial charge in [-0.15, -0.1) is 0 Å². The van der Waals surface area contributed by atoms with Crippen LogP contribution in [-0.2, 0) is 42.2 Å². The highest BCUT2D eigenvalue weighted by atomic mass is 31.2. The van der Waals surface area contributed by atoms with Gasteiger partial charge in [-0.05, 0) is 89.9 Å². The molecule has 3 atom stereocenters. The van der Waals surface area contributed by atoms with Crippen LogP contribution < -0.4 is 0 Å². The van der Waals surface area contributed by atoms with Crippen molar-refractivity contribution < 1.29 is 52.2 Å². The van der Waals surface area contributed by atoms with Crippen molar-refractivity contribution in [1.82, 2.24) is 0 Å². The number of carbonyl (C=O) groups is 3. The van der Waals surface area contributed by atoms with Crippen molar-refractivity contribution in [3.63, 3.8) is 0 Å². The Hall–Kier alpha value is -3.08. The molecule has 0 aliphatic heterocycles. The Morgan fingerprint density at radius 2 is 0.684 bits per heavy atom. The van der Waals surface area contributed by atoms with Crippen LogP contribution in [0, 0.1) is 0 Å². The van der Waals surface area contributed by atoms with Crippen molar-refractivity contribution in [1.29, 1.82) is 0 Å². The molecule has 0 amide bonds. The lowest BCUT2D eigenvalue weighted by Gasteiger charge is -2.21. The zero-order chi connectivity index (χ0) is 55.5. The second-order valence-electron chi connectivity index (χ2n) is 20.5. The molecular formula is C64H113O11P. The van der Waals surface area contributed by atoms with Crippen LogP contribution in [0.2, 0.25) is 0 Å². The lowest BCUT2D eigenvalue weighted by atomic mass is 10.0. The minimum Gasteiger partial charge on any atom is -0.462 e. The molecule has 0 radical (unpaired) electrons. The lowest BCUT2D eigenvalue weighted by molar-refractivity contribution is -0.161. The highest BCUT2D eigenvalue weighted by molar-refractivity contribution is 7.47. The normalized spacial score (nSPS) is 13.8. The standard InChI is InChI=1S/C64H113O11P/c1-4-7-10-13-16-19-22-25-27-29-30-32-33-36-38-41-44-47-50-53-62(66)71-57-61(75-64(68)55-52-49-46-43-40-37-34-31-28-26-23-20-17-14-11-8-5-2)59-73-76(69,70)72-58-60(56-65)74-63(67)54-51-48-45-42-39-35-24-21-18-15-12-9-6-3/h7,10,16,19,25-28,30,32,36,38,60-61,65H,4-6,8-9,11-15,17-18,20-24,29,31,33-35,37,39-59H2,1-3H3,(H,69,70)/b10-7-,19-16-,27-25-,28-26-,32-30-,38-36-. The van der Waals surface area contributed by atoms with E-state index in [0.29, 0.717) is 19.3 Å². The van der Waals surface area contributed by atoms with Crippen molar-refractivity contribution in [3.8, 4) is 0 Å². The summed E-state index contributed by atoms with van der Waals surface area (Å²) in [5.74, 6) is -1.50. The van der Waals surface area contributed by atoms with E-state index in [4.69, 9.17) is 23.3 Å². The summed E-state index contributed by atoms with van der Waals surface area (Å²) in [6.07, 6.45) is 65.7. The maximum atomic E-state index is 12.9. The SMILES string of the molecule is CC/C=C\C/C=C\C/C=C\C/C=C\C/C=C\CCCCCC(=O)OCC(COP(=O)(O)OCC(CO)OC(=O)CCCCCCCCCCCCCCC)OC(=O)CCCCCCCCC/C=C\CCCCCCCC. The van der Waals surface area contributed by atoms with E-state index in [0.717, 1.165) is 103 Å². The molecule has 0 aliphatic carbocycles. The van der Waals surface area contributed by atoms with Crippen LogP contribution in [0.25, 0.3) is 0 Å². The number of carbonyl (C=O) groups excluding carboxylic acids is 3. The summed E-state index contributed by atoms with van der Waals surface area (Å²) in [7, 11) is -4.76. The molecule has 0 spiro atoms. The number of phosphoric ester groups is 1. The molecular weight excluding hydrogens is 976 g/mol. The molecule has 440 valence electrons. The monoisotopic (exact) mass is 1090 g/mol. The number of esters is 3. The van der Waals surface area contributed by atoms with Crippen LogP contribution in [0.15, 0.2) is 72.9 Å². The van der Waals surface area contributed by atoms with Gasteiger partial charge in [0.25, 0.3) is 0 Å². The smallest absolute Gasteiger partial charge is 0.462 e. The number of aliphatic hydroxyl groups excluding tert-OH is 1. The Balaban J connectivity index is 4.77. The summed E-state index contributed by atoms with van der Waals surface area (Å²) in [5, 5.41) is 9.83. The third-order valence-corrected chi connectivity index (χ3v) is 14.1. The molecule has 0 saturated carbocycles. The molecule has 0 heterocycles. The topological polar surface area (TPSA) is 155 Å². The fraction of sp³-hybridized carbons (Fsp3) is 0.766. The molecule has 0 aromatic carbocycles. The molecule has 0 saturated heterocycles. The number of aliphatic hydroxyl groups is 1. The molecule has 0 aromatic heterocycles. The Kier molecular flexibility index (Phi) is 55.7. The Morgan fingerprint density at radius 3 is 1.08 bits per heavy atom. The van der Waals surface area contributed by atoms with E-state index in [1.54, 1.807) is 0 Å². The first-order valence-corrected chi connectivity index (χ1v) is 32.3. The maximum absolute atomic E-state index is 12.9. The van der Waals surface area contributed by atoms with Crippen LogP contribution in [0.1, 0.15) is 278 Å². The third kappa shape index (κ3) is 55.7. The molecule has 11 nitrogen and oxygen atoms in total. The second kappa shape index (κ2) is 58.1. The van der Waals surface area contributed by atoms with Gasteiger partial charge in [-0.2, -0.15) is 0 Å². The zero-order valence-electron chi connectivity index (χ0n) is 48.7. The Labute approximate surface area is 465 Å². The largest absolute Gasteiger partial charge is 0.472 e. The summed E-state index contributed by atoms with van der Waals surface area (Å²) >= 11 is 0. The fourth-order valence-electron chi connectivity index (χ4n) is 8.44. The van der Waals surface area contributed by atoms with Crippen LogP contribution in [-0.4, -0.2) is 66.5 Å².